The SMILES string of the molecule is CCCCN(CCOC)C(=O)[C@H]1CCN[C@@H](C)C1. The summed E-state index contributed by atoms with van der Waals surface area (Å²) >= 11 is 0. The fourth-order valence-electron chi connectivity index (χ4n) is 2.50. The van der Waals surface area contributed by atoms with E-state index in [0.29, 0.717) is 18.6 Å². The molecule has 4 nitrogen and oxygen atoms in total. The minimum Gasteiger partial charge on any atom is -0.383 e. The third-order valence-electron chi connectivity index (χ3n) is 3.63. The van der Waals surface area contributed by atoms with E-state index < -0.39 is 0 Å². The molecule has 0 aromatic heterocycles. The molecule has 1 aliphatic rings. The van der Waals surface area contributed by atoms with Crippen LogP contribution in [-0.4, -0.2) is 50.2 Å². The Morgan fingerprint density at radius 3 is 2.83 bits per heavy atom. The van der Waals surface area contributed by atoms with Gasteiger partial charge in [0.15, 0.2) is 0 Å². The Kier molecular flexibility index (Phi) is 7.28. The lowest BCUT2D eigenvalue weighted by Crippen LogP contribution is -2.45. The maximum absolute atomic E-state index is 12.5. The molecule has 106 valence electrons. The molecule has 4 heteroatoms. The molecule has 0 aliphatic carbocycles. The Morgan fingerprint density at radius 2 is 2.22 bits per heavy atom. The van der Waals surface area contributed by atoms with Gasteiger partial charge < -0.3 is 15.0 Å². The smallest absolute Gasteiger partial charge is 0.225 e. The van der Waals surface area contributed by atoms with Crippen LogP contribution < -0.4 is 5.32 Å². The molecule has 0 unspecified atom stereocenters. The molecule has 1 amide bonds. The summed E-state index contributed by atoms with van der Waals surface area (Å²) in [4.78, 5) is 14.5. The summed E-state index contributed by atoms with van der Waals surface area (Å²) in [5.74, 6) is 0.531. The first-order valence-corrected chi connectivity index (χ1v) is 7.20. The van der Waals surface area contributed by atoms with Crippen LogP contribution in [0.1, 0.15) is 39.5 Å². The normalized spacial score (nSPS) is 23.9. The number of amides is 1. The molecular formula is C14H28N2O2. The van der Waals surface area contributed by atoms with Gasteiger partial charge in [0.05, 0.1) is 6.61 Å². The third-order valence-corrected chi connectivity index (χ3v) is 3.63. The van der Waals surface area contributed by atoms with Crippen LogP contribution in [0.3, 0.4) is 0 Å². The average Bonchev–Trinajstić information content (AvgIpc) is 2.38. The maximum Gasteiger partial charge on any atom is 0.225 e. The number of ether oxygens (including phenoxy) is 1. The van der Waals surface area contributed by atoms with Crippen molar-refractivity contribution in [1.29, 1.82) is 0 Å². The average molecular weight is 256 g/mol. The van der Waals surface area contributed by atoms with E-state index in [1.807, 2.05) is 4.90 Å². The highest BCUT2D eigenvalue weighted by molar-refractivity contribution is 5.79. The monoisotopic (exact) mass is 256 g/mol. The van der Waals surface area contributed by atoms with Crippen molar-refractivity contribution in [3.05, 3.63) is 0 Å². The lowest BCUT2D eigenvalue weighted by Gasteiger charge is -2.32. The largest absolute Gasteiger partial charge is 0.383 e. The van der Waals surface area contributed by atoms with Crippen LogP contribution in [0.15, 0.2) is 0 Å². The topological polar surface area (TPSA) is 41.6 Å². The van der Waals surface area contributed by atoms with Crippen LogP contribution in [0.25, 0.3) is 0 Å². The minimum absolute atomic E-state index is 0.204. The number of methoxy groups -OCH3 is 1. The number of hydrogen-bond acceptors (Lipinski definition) is 3. The summed E-state index contributed by atoms with van der Waals surface area (Å²) in [7, 11) is 1.69. The van der Waals surface area contributed by atoms with Crippen molar-refractivity contribution in [1.82, 2.24) is 10.2 Å². The van der Waals surface area contributed by atoms with Gasteiger partial charge in [0, 0.05) is 32.2 Å². The van der Waals surface area contributed by atoms with Crippen LogP contribution in [0.5, 0.6) is 0 Å². The van der Waals surface area contributed by atoms with Gasteiger partial charge in [-0.25, -0.2) is 0 Å². The van der Waals surface area contributed by atoms with E-state index in [9.17, 15) is 4.79 Å². The second kappa shape index (κ2) is 8.48. The molecule has 0 aromatic carbocycles. The number of nitrogens with one attached hydrogen (secondary N) is 1. The Labute approximate surface area is 111 Å². The number of hydrogen-bond donors (Lipinski definition) is 1. The van der Waals surface area contributed by atoms with E-state index in [1.54, 1.807) is 7.11 Å². The standard InChI is InChI=1S/C14H28N2O2/c1-4-5-8-16(9-10-18-3)14(17)13-6-7-15-12(2)11-13/h12-13,15H,4-11H2,1-3H3/t12-,13-/m0/s1. The zero-order valence-electron chi connectivity index (χ0n) is 12.1. The van der Waals surface area contributed by atoms with Gasteiger partial charge in [0.25, 0.3) is 0 Å². The number of nitrogens with zero attached hydrogens (tertiary/aromatic N) is 1. The molecule has 1 rings (SSSR count). The molecule has 0 spiro atoms. The molecule has 2 atom stereocenters. The van der Waals surface area contributed by atoms with E-state index in [0.717, 1.165) is 45.3 Å². The van der Waals surface area contributed by atoms with Crippen LogP contribution in [0, 0.1) is 5.92 Å². The Hall–Kier alpha value is -0.610. The molecule has 1 N–H and O–H groups in total. The highest BCUT2D eigenvalue weighted by atomic mass is 16.5. The fraction of sp³-hybridized carbons (Fsp3) is 0.929. The first kappa shape index (κ1) is 15.4. The highest BCUT2D eigenvalue weighted by Gasteiger charge is 2.28. The molecule has 1 aliphatic heterocycles. The second-order valence-corrected chi connectivity index (χ2v) is 5.25. The molecule has 0 saturated carbocycles. The van der Waals surface area contributed by atoms with Crippen molar-refractivity contribution in [3.8, 4) is 0 Å². The summed E-state index contributed by atoms with van der Waals surface area (Å²) in [5.41, 5.74) is 0. The minimum atomic E-state index is 0.204. The lowest BCUT2D eigenvalue weighted by atomic mass is 9.92. The summed E-state index contributed by atoms with van der Waals surface area (Å²) in [5, 5.41) is 3.40. The first-order valence-electron chi connectivity index (χ1n) is 7.20. The van der Waals surface area contributed by atoms with Gasteiger partial charge in [-0.3, -0.25) is 4.79 Å². The number of unbranched alkanes of at least 4 members (excludes halogenated alkanes) is 1. The highest BCUT2D eigenvalue weighted by Crippen LogP contribution is 2.19. The first-order chi connectivity index (χ1) is 8.69. The molecule has 0 aromatic rings. The van der Waals surface area contributed by atoms with Crippen LogP contribution in [-0.2, 0) is 9.53 Å². The Bertz CT molecular complexity index is 238. The van der Waals surface area contributed by atoms with E-state index >= 15 is 0 Å². The van der Waals surface area contributed by atoms with Gasteiger partial charge in [-0.15, -0.1) is 0 Å². The van der Waals surface area contributed by atoms with Crippen molar-refractivity contribution in [2.24, 2.45) is 5.92 Å². The van der Waals surface area contributed by atoms with Crippen LogP contribution in [0.4, 0.5) is 0 Å². The number of rotatable bonds is 7. The maximum atomic E-state index is 12.5. The van der Waals surface area contributed by atoms with E-state index in [1.165, 1.54) is 0 Å². The number of carbonyl (C=O) groups is 1. The quantitative estimate of drug-likeness (QED) is 0.753. The molecule has 1 saturated heterocycles. The summed E-state index contributed by atoms with van der Waals surface area (Å²) in [6, 6.07) is 0.461. The molecular weight excluding hydrogens is 228 g/mol. The van der Waals surface area contributed by atoms with Crippen LogP contribution in [0.2, 0.25) is 0 Å². The molecule has 1 fully saturated rings. The van der Waals surface area contributed by atoms with Crippen molar-refractivity contribution in [2.45, 2.75) is 45.6 Å². The van der Waals surface area contributed by atoms with Crippen molar-refractivity contribution >= 4 is 5.91 Å². The molecule has 1 heterocycles. The summed E-state index contributed by atoms with van der Waals surface area (Å²) in [6.45, 7) is 7.51. The third kappa shape index (κ3) is 4.94. The van der Waals surface area contributed by atoms with Crippen LogP contribution >= 0.6 is 0 Å². The van der Waals surface area contributed by atoms with E-state index in [4.69, 9.17) is 4.74 Å². The Balaban J connectivity index is 2.50. The fourth-order valence-corrected chi connectivity index (χ4v) is 2.50. The summed E-state index contributed by atoms with van der Waals surface area (Å²) < 4.78 is 5.10. The van der Waals surface area contributed by atoms with Gasteiger partial charge in [-0.2, -0.15) is 0 Å². The van der Waals surface area contributed by atoms with Gasteiger partial charge in [-0.05, 0) is 32.7 Å². The van der Waals surface area contributed by atoms with Gasteiger partial charge >= 0.3 is 0 Å². The van der Waals surface area contributed by atoms with Crippen molar-refractivity contribution in [2.75, 3.05) is 33.4 Å². The predicted octanol–water partition coefficient (Wildman–Crippen LogP) is 1.65. The number of piperidine rings is 1. The molecule has 18 heavy (non-hydrogen) atoms. The lowest BCUT2D eigenvalue weighted by molar-refractivity contribution is -0.137. The van der Waals surface area contributed by atoms with Crippen molar-refractivity contribution < 1.29 is 9.53 Å². The summed E-state index contributed by atoms with van der Waals surface area (Å²) in [6.07, 6.45) is 4.14. The zero-order chi connectivity index (χ0) is 13.4. The predicted molar refractivity (Wildman–Crippen MR) is 73.6 cm³/mol. The molecule has 0 bridgehead atoms. The van der Waals surface area contributed by atoms with Gasteiger partial charge in [0.1, 0.15) is 0 Å². The van der Waals surface area contributed by atoms with E-state index in [-0.39, 0.29) is 5.92 Å². The van der Waals surface area contributed by atoms with Gasteiger partial charge in [0.2, 0.25) is 5.91 Å². The second-order valence-electron chi connectivity index (χ2n) is 5.25. The van der Waals surface area contributed by atoms with Gasteiger partial charge in [-0.1, -0.05) is 13.3 Å². The van der Waals surface area contributed by atoms with E-state index in [2.05, 4.69) is 19.2 Å². The molecule has 0 radical (unpaired) electrons. The Morgan fingerprint density at radius 1 is 1.44 bits per heavy atom. The zero-order valence-corrected chi connectivity index (χ0v) is 12.1. The number of carbonyl (C=O) groups excluding carboxylic acids is 1. The van der Waals surface area contributed by atoms with Crippen molar-refractivity contribution in [3.63, 3.8) is 0 Å².